The first-order valence-corrected chi connectivity index (χ1v) is 10.8. The van der Waals surface area contributed by atoms with Crippen LogP contribution >= 0.6 is 11.8 Å². The third-order valence-corrected chi connectivity index (χ3v) is 6.13. The largest absolute Gasteiger partial charge is 0.351 e. The van der Waals surface area contributed by atoms with E-state index >= 15 is 0 Å². The van der Waals surface area contributed by atoms with Crippen molar-refractivity contribution in [3.8, 4) is 0 Å². The number of aromatic nitrogens is 1. The fourth-order valence-electron chi connectivity index (χ4n) is 3.46. The van der Waals surface area contributed by atoms with E-state index in [9.17, 15) is 9.59 Å². The molecule has 1 saturated heterocycles. The zero-order chi connectivity index (χ0) is 20.1. The Morgan fingerprint density at radius 3 is 2.55 bits per heavy atom. The number of nitrogens with one attached hydrogen (secondary N) is 1. The third kappa shape index (κ3) is 4.77. The minimum absolute atomic E-state index is 0.0203. The molecule has 29 heavy (non-hydrogen) atoms. The zero-order valence-corrected chi connectivity index (χ0v) is 17.0. The van der Waals surface area contributed by atoms with Crippen LogP contribution in [0.5, 0.6) is 0 Å². The number of benzene rings is 2. The SMILES string of the molecule is O=C(CSc1ccnc2ccccc12)NCc1ccc(C(=O)N2CCCC2)cc1. The Labute approximate surface area is 174 Å². The lowest BCUT2D eigenvalue weighted by Gasteiger charge is -2.15. The van der Waals surface area contributed by atoms with Crippen LogP contribution in [-0.4, -0.2) is 40.5 Å². The van der Waals surface area contributed by atoms with Gasteiger partial charge in [0.1, 0.15) is 0 Å². The Bertz CT molecular complexity index is 1010. The van der Waals surface area contributed by atoms with Gasteiger partial charge in [-0.25, -0.2) is 0 Å². The van der Waals surface area contributed by atoms with Crippen molar-refractivity contribution in [2.45, 2.75) is 24.3 Å². The Balaban J connectivity index is 1.28. The highest BCUT2D eigenvalue weighted by Crippen LogP contribution is 2.26. The predicted octanol–water partition coefficient (Wildman–Crippen LogP) is 3.88. The summed E-state index contributed by atoms with van der Waals surface area (Å²) in [5.74, 6) is 0.423. The summed E-state index contributed by atoms with van der Waals surface area (Å²) in [6.07, 6.45) is 3.94. The van der Waals surface area contributed by atoms with Crippen LogP contribution in [0.4, 0.5) is 0 Å². The second-order valence-corrected chi connectivity index (χ2v) is 8.11. The Kier molecular flexibility index (Phi) is 6.10. The molecule has 1 N–H and O–H groups in total. The van der Waals surface area contributed by atoms with Crippen LogP contribution in [0.25, 0.3) is 10.9 Å². The molecule has 0 bridgehead atoms. The molecule has 0 aliphatic carbocycles. The maximum Gasteiger partial charge on any atom is 0.253 e. The van der Waals surface area contributed by atoms with Crippen molar-refractivity contribution in [3.63, 3.8) is 0 Å². The first kappa shape index (κ1) is 19.5. The summed E-state index contributed by atoms with van der Waals surface area (Å²) in [6.45, 7) is 2.15. The highest BCUT2D eigenvalue weighted by atomic mass is 32.2. The average Bonchev–Trinajstić information content (AvgIpc) is 3.31. The monoisotopic (exact) mass is 405 g/mol. The second-order valence-electron chi connectivity index (χ2n) is 7.09. The lowest BCUT2D eigenvalue weighted by molar-refractivity contribution is -0.118. The van der Waals surface area contributed by atoms with Crippen LogP contribution in [0.3, 0.4) is 0 Å². The van der Waals surface area contributed by atoms with Crippen molar-refractivity contribution in [3.05, 3.63) is 71.9 Å². The van der Waals surface area contributed by atoms with E-state index in [0.29, 0.717) is 17.9 Å². The van der Waals surface area contributed by atoms with Gasteiger partial charge in [0.2, 0.25) is 5.91 Å². The molecule has 0 spiro atoms. The number of pyridine rings is 1. The normalized spacial score (nSPS) is 13.6. The Hall–Kier alpha value is -2.86. The minimum atomic E-state index is -0.0203. The molecule has 1 fully saturated rings. The average molecular weight is 406 g/mol. The maximum absolute atomic E-state index is 12.4. The summed E-state index contributed by atoms with van der Waals surface area (Å²) in [5.41, 5.74) is 2.62. The highest BCUT2D eigenvalue weighted by Gasteiger charge is 2.19. The van der Waals surface area contributed by atoms with Gasteiger partial charge in [0.15, 0.2) is 0 Å². The predicted molar refractivity (Wildman–Crippen MR) is 116 cm³/mol. The Morgan fingerprint density at radius 1 is 1.00 bits per heavy atom. The van der Waals surface area contributed by atoms with Crippen LogP contribution in [0, 0.1) is 0 Å². The number of amides is 2. The number of fused-ring (bicyclic) bond motifs is 1. The third-order valence-electron chi connectivity index (χ3n) is 5.05. The van der Waals surface area contributed by atoms with Crippen LogP contribution < -0.4 is 5.32 Å². The molecule has 2 aromatic carbocycles. The van der Waals surface area contributed by atoms with Crippen LogP contribution in [-0.2, 0) is 11.3 Å². The number of carbonyl (C=O) groups is 2. The summed E-state index contributed by atoms with van der Waals surface area (Å²) in [5, 5.41) is 4.01. The topological polar surface area (TPSA) is 62.3 Å². The summed E-state index contributed by atoms with van der Waals surface area (Å²) >= 11 is 1.51. The van der Waals surface area contributed by atoms with E-state index in [1.54, 1.807) is 6.20 Å². The number of carbonyl (C=O) groups excluding carboxylic acids is 2. The summed E-state index contributed by atoms with van der Waals surface area (Å²) in [7, 11) is 0. The van der Waals surface area contributed by atoms with E-state index in [1.807, 2.05) is 59.5 Å². The van der Waals surface area contributed by atoms with Crippen LogP contribution in [0.15, 0.2) is 65.7 Å². The molecule has 1 aliphatic rings. The molecule has 1 aliphatic heterocycles. The molecular weight excluding hydrogens is 382 g/mol. The summed E-state index contributed by atoms with van der Waals surface area (Å²) < 4.78 is 0. The molecule has 5 nitrogen and oxygen atoms in total. The van der Waals surface area contributed by atoms with E-state index in [4.69, 9.17) is 0 Å². The Morgan fingerprint density at radius 2 is 1.76 bits per heavy atom. The number of thioether (sulfide) groups is 1. The second kappa shape index (κ2) is 9.09. The molecule has 2 heterocycles. The van der Waals surface area contributed by atoms with Gasteiger partial charge >= 0.3 is 0 Å². The van der Waals surface area contributed by atoms with E-state index in [2.05, 4.69) is 10.3 Å². The number of para-hydroxylation sites is 1. The smallest absolute Gasteiger partial charge is 0.253 e. The zero-order valence-electron chi connectivity index (χ0n) is 16.1. The van der Waals surface area contributed by atoms with Crippen LogP contribution in [0.1, 0.15) is 28.8 Å². The van der Waals surface area contributed by atoms with E-state index in [0.717, 1.165) is 47.3 Å². The molecule has 6 heteroatoms. The minimum Gasteiger partial charge on any atom is -0.351 e. The van der Waals surface area contributed by atoms with Gasteiger partial charge in [0.25, 0.3) is 5.91 Å². The van der Waals surface area contributed by atoms with Crippen molar-refractivity contribution in [1.82, 2.24) is 15.2 Å². The molecular formula is C23H23N3O2S. The molecule has 0 unspecified atom stereocenters. The van der Waals surface area contributed by atoms with Gasteiger partial charge in [-0.3, -0.25) is 14.6 Å². The molecule has 4 rings (SSSR count). The van der Waals surface area contributed by atoms with E-state index < -0.39 is 0 Å². The van der Waals surface area contributed by atoms with Crippen molar-refractivity contribution in [1.29, 1.82) is 0 Å². The maximum atomic E-state index is 12.4. The summed E-state index contributed by atoms with van der Waals surface area (Å²) in [6, 6.07) is 17.4. The summed E-state index contributed by atoms with van der Waals surface area (Å²) in [4.78, 5) is 32.0. The molecule has 0 atom stereocenters. The van der Waals surface area contributed by atoms with Gasteiger partial charge in [-0.2, -0.15) is 0 Å². The van der Waals surface area contributed by atoms with Gasteiger partial charge in [-0.1, -0.05) is 30.3 Å². The van der Waals surface area contributed by atoms with Gasteiger partial charge < -0.3 is 10.2 Å². The molecule has 3 aromatic rings. The van der Waals surface area contributed by atoms with Crippen molar-refractivity contribution < 1.29 is 9.59 Å². The lowest BCUT2D eigenvalue weighted by Crippen LogP contribution is -2.27. The number of rotatable bonds is 6. The van der Waals surface area contributed by atoms with Gasteiger partial charge in [0.05, 0.1) is 11.3 Å². The molecule has 2 amide bonds. The lowest BCUT2D eigenvalue weighted by atomic mass is 10.1. The molecule has 148 valence electrons. The molecule has 0 saturated carbocycles. The fraction of sp³-hybridized carbons (Fsp3) is 0.261. The number of nitrogens with zero attached hydrogens (tertiary/aromatic N) is 2. The van der Waals surface area contributed by atoms with E-state index in [1.165, 1.54) is 11.8 Å². The van der Waals surface area contributed by atoms with Gasteiger partial charge in [-0.05, 0) is 42.7 Å². The number of hydrogen-bond acceptors (Lipinski definition) is 4. The standard InChI is InChI=1S/C23H23N3O2S/c27-22(16-29-21-11-12-24-20-6-2-1-5-19(20)21)25-15-17-7-9-18(10-8-17)23(28)26-13-3-4-14-26/h1-2,5-12H,3-4,13-16H2,(H,25,27). The number of hydrogen-bond donors (Lipinski definition) is 1. The van der Waals surface area contributed by atoms with Crippen LogP contribution in [0.2, 0.25) is 0 Å². The first-order chi connectivity index (χ1) is 14.2. The quantitative estimate of drug-likeness (QED) is 0.632. The molecule has 1 aromatic heterocycles. The molecule has 0 radical (unpaired) electrons. The highest BCUT2D eigenvalue weighted by molar-refractivity contribution is 8.00. The van der Waals surface area contributed by atoms with Crippen molar-refractivity contribution in [2.24, 2.45) is 0 Å². The van der Waals surface area contributed by atoms with Gasteiger partial charge in [0, 0.05) is 41.7 Å². The first-order valence-electron chi connectivity index (χ1n) is 9.82. The van der Waals surface area contributed by atoms with E-state index in [-0.39, 0.29) is 11.8 Å². The van der Waals surface area contributed by atoms with Crippen molar-refractivity contribution in [2.75, 3.05) is 18.8 Å². The van der Waals surface area contributed by atoms with Gasteiger partial charge in [-0.15, -0.1) is 11.8 Å². The number of likely N-dealkylation sites (tertiary alicyclic amines) is 1. The fourth-order valence-corrected chi connectivity index (χ4v) is 4.33. The van der Waals surface area contributed by atoms with Crippen molar-refractivity contribution >= 4 is 34.5 Å².